The number of nitrogens with zero attached hydrogens (tertiary/aromatic N) is 4. The zero-order valence-corrected chi connectivity index (χ0v) is 16.8. The third-order valence-electron chi connectivity index (χ3n) is 5.24. The first-order chi connectivity index (χ1) is 14.7. The summed E-state index contributed by atoms with van der Waals surface area (Å²) >= 11 is 0. The van der Waals surface area contributed by atoms with E-state index < -0.39 is 0 Å². The quantitative estimate of drug-likeness (QED) is 0.773. The first kappa shape index (κ1) is 20.6. The highest BCUT2D eigenvalue weighted by molar-refractivity contribution is 5.76. The van der Waals surface area contributed by atoms with Crippen LogP contribution in [0.3, 0.4) is 0 Å². The molecule has 2 aliphatic rings. The fourth-order valence-corrected chi connectivity index (χ4v) is 3.59. The van der Waals surface area contributed by atoms with Crippen LogP contribution in [0.1, 0.15) is 18.2 Å². The van der Waals surface area contributed by atoms with Gasteiger partial charge in [-0.25, -0.2) is 14.4 Å². The van der Waals surface area contributed by atoms with Crippen molar-refractivity contribution in [2.75, 3.05) is 57.9 Å². The van der Waals surface area contributed by atoms with E-state index in [1.807, 2.05) is 23.1 Å². The van der Waals surface area contributed by atoms with Crippen LogP contribution in [0.2, 0.25) is 0 Å². The van der Waals surface area contributed by atoms with Crippen LogP contribution < -0.4 is 5.32 Å². The molecule has 1 amide bonds. The second-order valence-electron chi connectivity index (χ2n) is 7.34. The Labute approximate surface area is 175 Å². The van der Waals surface area contributed by atoms with Gasteiger partial charge in [-0.1, -0.05) is 6.07 Å². The summed E-state index contributed by atoms with van der Waals surface area (Å²) < 4.78 is 24.3. The Morgan fingerprint density at radius 3 is 2.80 bits per heavy atom. The van der Waals surface area contributed by atoms with Crippen LogP contribution in [0.5, 0.6) is 0 Å². The van der Waals surface area contributed by atoms with Crippen molar-refractivity contribution in [2.45, 2.75) is 12.5 Å². The Balaban J connectivity index is 1.32. The van der Waals surface area contributed by atoms with Crippen molar-refractivity contribution in [3.05, 3.63) is 48.0 Å². The van der Waals surface area contributed by atoms with Crippen LogP contribution in [0.25, 0.3) is 0 Å². The predicted octanol–water partition coefficient (Wildman–Crippen LogP) is 1.98. The second-order valence-corrected chi connectivity index (χ2v) is 7.34. The van der Waals surface area contributed by atoms with Gasteiger partial charge in [0.1, 0.15) is 23.6 Å². The maximum absolute atomic E-state index is 13.0. The number of carbonyl (C=O) groups excluding carboxylic acids is 1. The molecule has 1 atom stereocenters. The molecule has 2 aromatic heterocycles. The van der Waals surface area contributed by atoms with Crippen molar-refractivity contribution in [1.29, 1.82) is 0 Å². The number of aromatic nitrogens is 2. The van der Waals surface area contributed by atoms with Gasteiger partial charge < -0.3 is 19.7 Å². The van der Waals surface area contributed by atoms with E-state index in [0.29, 0.717) is 64.1 Å². The summed E-state index contributed by atoms with van der Waals surface area (Å²) in [4.78, 5) is 25.1. The normalized spacial score (nSPS) is 20.2. The number of hydrogen-bond acceptors (Lipinski definition) is 7. The van der Waals surface area contributed by atoms with Crippen molar-refractivity contribution in [1.82, 2.24) is 19.8 Å². The molecule has 0 aromatic carbocycles. The lowest BCUT2D eigenvalue weighted by Crippen LogP contribution is -2.44. The number of anilines is 2. The monoisotopic (exact) mass is 415 g/mol. The Kier molecular flexibility index (Phi) is 6.83. The molecule has 0 aliphatic carbocycles. The fourth-order valence-electron chi connectivity index (χ4n) is 3.59. The van der Waals surface area contributed by atoms with Gasteiger partial charge in [0.2, 0.25) is 5.91 Å². The van der Waals surface area contributed by atoms with Crippen LogP contribution in [0, 0.1) is 5.82 Å². The Bertz CT molecular complexity index is 845. The van der Waals surface area contributed by atoms with E-state index in [1.54, 1.807) is 6.07 Å². The van der Waals surface area contributed by atoms with Crippen molar-refractivity contribution < 1.29 is 18.7 Å². The van der Waals surface area contributed by atoms with Gasteiger partial charge >= 0.3 is 0 Å². The molecule has 0 unspecified atom stereocenters. The summed E-state index contributed by atoms with van der Waals surface area (Å²) in [6, 6.07) is 8.57. The minimum Gasteiger partial charge on any atom is -0.378 e. The molecule has 2 aliphatic heterocycles. The molecule has 2 fully saturated rings. The average Bonchev–Trinajstić information content (AvgIpc) is 2.80. The minimum atomic E-state index is -0.384. The van der Waals surface area contributed by atoms with Gasteiger partial charge in [-0.15, -0.1) is 0 Å². The van der Waals surface area contributed by atoms with E-state index >= 15 is 0 Å². The molecule has 9 heteroatoms. The summed E-state index contributed by atoms with van der Waals surface area (Å²) in [7, 11) is 0. The molecule has 30 heavy (non-hydrogen) atoms. The van der Waals surface area contributed by atoms with Crippen LogP contribution in [0.4, 0.5) is 16.0 Å². The van der Waals surface area contributed by atoms with Gasteiger partial charge in [0.25, 0.3) is 0 Å². The van der Waals surface area contributed by atoms with Crippen molar-refractivity contribution in [3.63, 3.8) is 0 Å². The molecule has 0 bridgehead atoms. The Morgan fingerprint density at radius 1 is 1.13 bits per heavy atom. The molecule has 0 saturated carbocycles. The lowest BCUT2D eigenvalue weighted by molar-refractivity contribution is -0.136. The summed E-state index contributed by atoms with van der Waals surface area (Å²) in [5.41, 5.74) is 0.811. The molecule has 2 saturated heterocycles. The first-order valence-electron chi connectivity index (χ1n) is 10.2. The van der Waals surface area contributed by atoms with Gasteiger partial charge in [0.05, 0.1) is 31.7 Å². The van der Waals surface area contributed by atoms with Gasteiger partial charge in [-0.3, -0.25) is 9.69 Å². The number of amides is 1. The van der Waals surface area contributed by atoms with Crippen LogP contribution in [-0.2, 0) is 14.3 Å². The van der Waals surface area contributed by atoms with Gasteiger partial charge in [-0.05, 0) is 24.3 Å². The van der Waals surface area contributed by atoms with Gasteiger partial charge in [0.15, 0.2) is 0 Å². The molecule has 160 valence electrons. The number of ether oxygens (including phenoxy) is 2. The van der Waals surface area contributed by atoms with Crippen LogP contribution >= 0.6 is 0 Å². The standard InChI is InChI=1S/C21H26FN5O3/c22-16-4-5-19(23-14-16)25-20-3-1-2-17(24-20)18-15-26(8-13-30-18)7-6-21(28)27-9-11-29-12-10-27/h1-5,14,18H,6-13,15H2,(H,23,24,25)/t18-/m0/s1. The van der Waals surface area contributed by atoms with E-state index in [2.05, 4.69) is 20.2 Å². The second kappa shape index (κ2) is 9.92. The smallest absolute Gasteiger partial charge is 0.224 e. The summed E-state index contributed by atoms with van der Waals surface area (Å²) in [5.74, 6) is 0.936. The number of pyridine rings is 2. The number of halogens is 1. The zero-order chi connectivity index (χ0) is 20.8. The predicted molar refractivity (Wildman–Crippen MR) is 109 cm³/mol. The van der Waals surface area contributed by atoms with E-state index in [4.69, 9.17) is 9.47 Å². The summed E-state index contributed by atoms with van der Waals surface area (Å²) in [6.45, 7) is 5.37. The van der Waals surface area contributed by atoms with E-state index in [0.717, 1.165) is 18.4 Å². The zero-order valence-electron chi connectivity index (χ0n) is 16.8. The first-order valence-corrected chi connectivity index (χ1v) is 10.2. The molecule has 1 N–H and O–H groups in total. The molecule has 2 aromatic rings. The number of rotatable bonds is 6. The van der Waals surface area contributed by atoms with Crippen LogP contribution in [-0.4, -0.2) is 78.2 Å². The van der Waals surface area contributed by atoms with Gasteiger partial charge in [0, 0.05) is 39.1 Å². The Morgan fingerprint density at radius 2 is 2.00 bits per heavy atom. The largest absolute Gasteiger partial charge is 0.378 e. The maximum Gasteiger partial charge on any atom is 0.224 e. The number of nitrogens with one attached hydrogen (secondary N) is 1. The SMILES string of the molecule is O=C(CCN1CCO[C@H](c2cccc(Nc3ccc(F)cn3)n2)C1)N1CCOCC1. The topological polar surface area (TPSA) is 79.8 Å². The summed E-state index contributed by atoms with van der Waals surface area (Å²) in [6.07, 6.45) is 1.49. The molecule has 4 rings (SSSR count). The molecule has 0 radical (unpaired) electrons. The Hall–Kier alpha value is -2.62. The molecule has 0 spiro atoms. The highest BCUT2D eigenvalue weighted by Gasteiger charge is 2.25. The fraction of sp³-hybridized carbons (Fsp3) is 0.476. The highest BCUT2D eigenvalue weighted by atomic mass is 19.1. The van der Waals surface area contributed by atoms with E-state index in [-0.39, 0.29) is 17.8 Å². The summed E-state index contributed by atoms with van der Waals surface area (Å²) in [5, 5.41) is 3.08. The maximum atomic E-state index is 13.0. The average molecular weight is 415 g/mol. The van der Waals surface area contributed by atoms with Crippen LogP contribution in [0.15, 0.2) is 36.5 Å². The number of morpholine rings is 2. The lowest BCUT2D eigenvalue weighted by Gasteiger charge is -2.33. The van der Waals surface area contributed by atoms with E-state index in [1.165, 1.54) is 6.07 Å². The minimum absolute atomic E-state index is 0.167. The van der Waals surface area contributed by atoms with E-state index in [9.17, 15) is 9.18 Å². The van der Waals surface area contributed by atoms with Crippen molar-refractivity contribution >= 4 is 17.5 Å². The molecular weight excluding hydrogens is 389 g/mol. The number of carbonyl (C=O) groups is 1. The molecular formula is C21H26FN5O3. The molecule has 8 nitrogen and oxygen atoms in total. The lowest BCUT2D eigenvalue weighted by atomic mass is 10.1. The third kappa shape index (κ3) is 5.50. The molecule has 4 heterocycles. The van der Waals surface area contributed by atoms with Crippen molar-refractivity contribution in [3.8, 4) is 0 Å². The van der Waals surface area contributed by atoms with Crippen molar-refractivity contribution in [2.24, 2.45) is 0 Å². The van der Waals surface area contributed by atoms with Gasteiger partial charge in [-0.2, -0.15) is 0 Å². The third-order valence-corrected chi connectivity index (χ3v) is 5.24. The number of hydrogen-bond donors (Lipinski definition) is 1. The highest BCUT2D eigenvalue weighted by Crippen LogP contribution is 2.23.